The van der Waals surface area contributed by atoms with E-state index in [1.807, 2.05) is 33.8 Å². The van der Waals surface area contributed by atoms with Gasteiger partial charge in [0.1, 0.15) is 12.4 Å². The van der Waals surface area contributed by atoms with E-state index in [2.05, 4.69) is 5.32 Å². The molecule has 154 valence electrons. The molecule has 1 amide bonds. The second kappa shape index (κ2) is 7.10. The summed E-state index contributed by atoms with van der Waals surface area (Å²) in [7, 11) is 0. The van der Waals surface area contributed by atoms with Crippen LogP contribution in [0.3, 0.4) is 0 Å². The Balaban J connectivity index is 1.87. The van der Waals surface area contributed by atoms with E-state index in [0.717, 1.165) is 27.8 Å². The first kappa shape index (κ1) is 20.7. The highest BCUT2D eigenvalue weighted by Crippen LogP contribution is 2.43. The minimum absolute atomic E-state index is 0.00113. The molecule has 0 radical (unpaired) electrons. The lowest BCUT2D eigenvalue weighted by molar-refractivity contribution is -0.188. The van der Waals surface area contributed by atoms with Crippen molar-refractivity contribution in [2.45, 2.75) is 71.2 Å². The summed E-state index contributed by atoms with van der Waals surface area (Å²) in [6, 6.07) is 2.00. The van der Waals surface area contributed by atoms with E-state index in [0.29, 0.717) is 25.7 Å². The number of carbonyl (C=O) groups excluding carboxylic acids is 1. The van der Waals surface area contributed by atoms with E-state index in [1.165, 1.54) is 0 Å². The second-order valence-electron chi connectivity index (χ2n) is 8.02. The number of hydrogen-bond acceptors (Lipinski definition) is 3. The van der Waals surface area contributed by atoms with Crippen molar-refractivity contribution in [3.05, 3.63) is 39.6 Å². The summed E-state index contributed by atoms with van der Waals surface area (Å²) in [4.78, 5) is 12.8. The molecule has 1 aromatic carbocycles. The first-order valence-corrected chi connectivity index (χ1v) is 9.47. The molecule has 2 aliphatic rings. The normalized spacial score (nSPS) is 25.5. The van der Waals surface area contributed by atoms with Crippen molar-refractivity contribution in [3.8, 4) is 0 Å². The zero-order valence-electron chi connectivity index (χ0n) is 16.6. The first-order chi connectivity index (χ1) is 12.9. The van der Waals surface area contributed by atoms with Gasteiger partial charge in [-0.25, -0.2) is 0 Å². The summed E-state index contributed by atoms with van der Waals surface area (Å²) in [5, 5.41) is 13.9. The van der Waals surface area contributed by atoms with Gasteiger partial charge in [-0.15, -0.1) is 0 Å². The zero-order valence-corrected chi connectivity index (χ0v) is 16.6. The molecule has 1 aliphatic heterocycles. The zero-order chi connectivity index (χ0) is 20.9. The van der Waals surface area contributed by atoms with Gasteiger partial charge in [-0.2, -0.15) is 13.2 Å². The Bertz CT molecular complexity index is 834. The van der Waals surface area contributed by atoms with Crippen LogP contribution >= 0.6 is 0 Å². The average molecular weight is 397 g/mol. The number of ether oxygens (including phenoxy) is 1. The highest BCUT2D eigenvalue weighted by atomic mass is 19.4. The van der Waals surface area contributed by atoms with Crippen LogP contribution in [0.15, 0.2) is 11.8 Å². The van der Waals surface area contributed by atoms with Crippen molar-refractivity contribution in [1.29, 1.82) is 0 Å². The fourth-order valence-electron chi connectivity index (χ4n) is 4.41. The van der Waals surface area contributed by atoms with Crippen LogP contribution in [0, 0.1) is 27.7 Å². The van der Waals surface area contributed by atoms with E-state index in [1.54, 1.807) is 0 Å². The molecule has 0 aromatic heterocycles. The van der Waals surface area contributed by atoms with Gasteiger partial charge in [-0.1, -0.05) is 6.07 Å². The van der Waals surface area contributed by atoms with Crippen molar-refractivity contribution < 1.29 is 27.8 Å². The third-order valence-electron chi connectivity index (χ3n) is 6.15. The van der Waals surface area contributed by atoms with Crippen LogP contribution in [0.5, 0.6) is 0 Å². The van der Waals surface area contributed by atoms with Gasteiger partial charge in [0, 0.05) is 0 Å². The highest BCUT2D eigenvalue weighted by molar-refractivity contribution is 6.24. The standard InChI is InChI=1S/C21H26F3NO3/c1-11-9-12(2)16(14(4)13(11)3)17-18(26)20(25-19(17)27)7-5-15(6-8-20)28-10-21(22,23)24/h9,15,26H,5-8,10H2,1-4H3,(H,25,27). The lowest BCUT2D eigenvalue weighted by atomic mass is 9.78. The van der Waals surface area contributed by atoms with Crippen molar-refractivity contribution >= 4 is 11.5 Å². The van der Waals surface area contributed by atoms with Gasteiger partial charge in [-0.05, 0) is 81.2 Å². The number of hydrogen-bond donors (Lipinski definition) is 2. The molecule has 2 N–H and O–H groups in total. The summed E-state index contributed by atoms with van der Waals surface area (Å²) in [6.07, 6.45) is -3.49. The maximum absolute atomic E-state index is 12.8. The summed E-state index contributed by atoms with van der Waals surface area (Å²) in [5.74, 6) is -0.331. The molecular formula is C21H26F3NO3. The highest BCUT2D eigenvalue weighted by Gasteiger charge is 2.48. The van der Waals surface area contributed by atoms with Gasteiger partial charge in [-0.3, -0.25) is 4.79 Å². The van der Waals surface area contributed by atoms with Gasteiger partial charge in [0.15, 0.2) is 0 Å². The Kier molecular flexibility index (Phi) is 5.25. The van der Waals surface area contributed by atoms with Gasteiger partial charge >= 0.3 is 6.18 Å². The number of amides is 1. The topological polar surface area (TPSA) is 58.6 Å². The summed E-state index contributed by atoms with van der Waals surface area (Å²) in [5.41, 5.74) is 4.17. The molecular weight excluding hydrogens is 371 g/mol. The molecule has 0 bridgehead atoms. The Morgan fingerprint density at radius 3 is 2.32 bits per heavy atom. The minimum atomic E-state index is -4.36. The van der Waals surface area contributed by atoms with Crippen molar-refractivity contribution in [2.24, 2.45) is 0 Å². The molecule has 3 rings (SSSR count). The SMILES string of the molecule is Cc1cc(C)c(C2=C(O)C3(CCC(OCC(F)(F)F)CC3)NC2=O)c(C)c1C. The molecule has 1 spiro atoms. The molecule has 0 unspecified atom stereocenters. The number of nitrogens with one attached hydrogen (secondary N) is 1. The smallest absolute Gasteiger partial charge is 0.411 e. The Morgan fingerprint density at radius 2 is 1.75 bits per heavy atom. The number of rotatable bonds is 3. The van der Waals surface area contributed by atoms with Crippen LogP contribution in [-0.4, -0.2) is 35.4 Å². The van der Waals surface area contributed by atoms with E-state index < -0.39 is 24.4 Å². The first-order valence-electron chi connectivity index (χ1n) is 9.47. The number of aryl methyl sites for hydroxylation is 2. The van der Waals surface area contributed by atoms with Crippen LogP contribution in [0.1, 0.15) is 53.5 Å². The summed E-state index contributed by atoms with van der Waals surface area (Å²) in [6.45, 7) is 6.56. The third kappa shape index (κ3) is 3.64. The molecule has 28 heavy (non-hydrogen) atoms. The lowest BCUT2D eigenvalue weighted by Gasteiger charge is -2.37. The maximum Gasteiger partial charge on any atom is 0.411 e. The van der Waals surface area contributed by atoms with E-state index in [-0.39, 0.29) is 17.2 Å². The third-order valence-corrected chi connectivity index (χ3v) is 6.15. The number of carbonyl (C=O) groups is 1. The molecule has 1 heterocycles. The molecule has 7 heteroatoms. The predicted molar refractivity (Wildman–Crippen MR) is 100 cm³/mol. The molecule has 1 aromatic rings. The Hall–Kier alpha value is -2.02. The molecule has 0 atom stereocenters. The number of benzene rings is 1. The average Bonchev–Trinajstić information content (AvgIpc) is 2.83. The quantitative estimate of drug-likeness (QED) is 0.785. The van der Waals surface area contributed by atoms with E-state index >= 15 is 0 Å². The maximum atomic E-state index is 12.8. The predicted octanol–water partition coefficient (Wildman–Crippen LogP) is 4.58. The fraction of sp³-hybridized carbons (Fsp3) is 0.571. The van der Waals surface area contributed by atoms with E-state index in [9.17, 15) is 23.1 Å². The van der Waals surface area contributed by atoms with Crippen molar-refractivity contribution in [3.63, 3.8) is 0 Å². The van der Waals surface area contributed by atoms with Gasteiger partial charge in [0.25, 0.3) is 5.91 Å². The van der Waals surface area contributed by atoms with Crippen molar-refractivity contribution in [2.75, 3.05) is 6.61 Å². The second-order valence-corrected chi connectivity index (χ2v) is 8.02. The molecule has 1 aliphatic carbocycles. The van der Waals surface area contributed by atoms with E-state index in [4.69, 9.17) is 4.74 Å². The van der Waals surface area contributed by atoms with Crippen LogP contribution < -0.4 is 5.32 Å². The molecule has 4 nitrogen and oxygen atoms in total. The molecule has 1 saturated carbocycles. The van der Waals surface area contributed by atoms with Gasteiger partial charge < -0.3 is 15.2 Å². The van der Waals surface area contributed by atoms with Crippen molar-refractivity contribution in [1.82, 2.24) is 5.32 Å². The van der Waals surface area contributed by atoms with Crippen LogP contribution in [0.2, 0.25) is 0 Å². The number of aliphatic hydroxyl groups excluding tert-OH is 1. The number of aliphatic hydroxyl groups is 1. The van der Waals surface area contributed by atoms with Crippen LogP contribution in [0.25, 0.3) is 5.57 Å². The summed E-state index contributed by atoms with van der Waals surface area (Å²) < 4.78 is 42.0. The van der Waals surface area contributed by atoms with Gasteiger partial charge in [0.2, 0.25) is 0 Å². The summed E-state index contributed by atoms with van der Waals surface area (Å²) >= 11 is 0. The Labute approximate surface area is 162 Å². The molecule has 0 saturated heterocycles. The largest absolute Gasteiger partial charge is 0.509 e. The Morgan fingerprint density at radius 1 is 1.14 bits per heavy atom. The lowest BCUT2D eigenvalue weighted by Crippen LogP contribution is -2.48. The fourth-order valence-corrected chi connectivity index (χ4v) is 4.41. The van der Waals surface area contributed by atoms with Gasteiger partial charge in [0.05, 0.1) is 17.2 Å². The van der Waals surface area contributed by atoms with Crippen LogP contribution in [0.4, 0.5) is 13.2 Å². The molecule has 1 fully saturated rings. The monoisotopic (exact) mass is 397 g/mol. The minimum Gasteiger partial charge on any atom is -0.509 e. The van der Waals surface area contributed by atoms with Crippen LogP contribution in [-0.2, 0) is 9.53 Å². The number of halogens is 3. The number of alkyl halides is 3.